The third-order valence-electron chi connectivity index (χ3n) is 2.28. The van der Waals surface area contributed by atoms with Crippen LogP contribution in [0.1, 0.15) is 41.0 Å². The quantitative estimate of drug-likeness (QED) is 0.544. The van der Waals surface area contributed by atoms with Gasteiger partial charge in [-0.2, -0.15) is 0 Å². The molecule has 0 aromatic carbocycles. The first-order chi connectivity index (χ1) is 7.20. The van der Waals surface area contributed by atoms with Crippen LogP contribution in [0.2, 0.25) is 0 Å². The number of esters is 1. The van der Waals surface area contributed by atoms with Gasteiger partial charge in [-0.25, -0.2) is 4.79 Å². The van der Waals surface area contributed by atoms with E-state index in [1.165, 1.54) is 0 Å². The van der Waals surface area contributed by atoms with E-state index >= 15 is 0 Å². The van der Waals surface area contributed by atoms with Crippen molar-refractivity contribution in [1.29, 1.82) is 0 Å². The Balaban J connectivity index is 2.70. The predicted octanol–water partition coefficient (Wildman–Crippen LogP) is 1.55. The number of hydrogen-bond donors (Lipinski definition) is 1. The van der Waals surface area contributed by atoms with Gasteiger partial charge in [-0.3, -0.25) is 4.79 Å². The minimum atomic E-state index is -0.531. The first kappa shape index (κ1) is 12.7. The zero-order valence-corrected chi connectivity index (χ0v) is 10.5. The molecule has 0 aromatic heterocycles. The molecule has 0 aromatic rings. The zero-order chi connectivity index (χ0) is 12.5. The van der Waals surface area contributed by atoms with E-state index in [0.29, 0.717) is 12.0 Å². The normalized spacial score (nSPS) is 20.7. The Morgan fingerprint density at radius 1 is 1.38 bits per heavy atom. The fraction of sp³-hybridized carbons (Fsp3) is 0.667. The summed E-state index contributed by atoms with van der Waals surface area (Å²) in [4.78, 5) is 23.2. The number of carbonyl (C=O) groups excluding carboxylic acids is 2. The van der Waals surface area contributed by atoms with Gasteiger partial charge in [0.1, 0.15) is 11.6 Å². The van der Waals surface area contributed by atoms with Crippen LogP contribution >= 0.6 is 0 Å². The van der Waals surface area contributed by atoms with Crippen LogP contribution in [-0.4, -0.2) is 23.5 Å². The van der Waals surface area contributed by atoms with Crippen molar-refractivity contribution in [2.75, 3.05) is 0 Å². The summed E-state index contributed by atoms with van der Waals surface area (Å²) in [6.45, 7) is 9.16. The summed E-state index contributed by atoms with van der Waals surface area (Å²) >= 11 is 0. The highest BCUT2D eigenvalue weighted by Gasteiger charge is 2.34. The van der Waals surface area contributed by atoms with E-state index in [1.807, 2.05) is 34.6 Å². The van der Waals surface area contributed by atoms with Crippen molar-refractivity contribution in [3.8, 4) is 0 Å². The van der Waals surface area contributed by atoms with Crippen LogP contribution in [-0.2, 0) is 14.3 Å². The van der Waals surface area contributed by atoms with E-state index in [2.05, 4.69) is 5.32 Å². The van der Waals surface area contributed by atoms with Gasteiger partial charge in [0.2, 0.25) is 5.91 Å². The van der Waals surface area contributed by atoms with Crippen LogP contribution in [0.15, 0.2) is 11.1 Å². The molecule has 16 heavy (non-hydrogen) atoms. The number of nitrogens with one attached hydrogen (secondary N) is 1. The van der Waals surface area contributed by atoms with Crippen molar-refractivity contribution in [3.63, 3.8) is 0 Å². The predicted molar refractivity (Wildman–Crippen MR) is 60.8 cm³/mol. The third kappa shape index (κ3) is 3.08. The monoisotopic (exact) mass is 225 g/mol. The molecule has 1 amide bonds. The zero-order valence-electron chi connectivity index (χ0n) is 10.5. The second kappa shape index (κ2) is 4.28. The molecule has 0 bridgehead atoms. The van der Waals surface area contributed by atoms with Gasteiger partial charge in [-0.1, -0.05) is 5.57 Å². The Hall–Kier alpha value is -1.32. The second-order valence-electron chi connectivity index (χ2n) is 5.24. The lowest BCUT2D eigenvalue weighted by atomic mass is 10.1. The molecule has 0 spiro atoms. The first-order valence-corrected chi connectivity index (χ1v) is 5.41. The van der Waals surface area contributed by atoms with E-state index in [-0.39, 0.29) is 11.9 Å². The summed E-state index contributed by atoms with van der Waals surface area (Å²) in [5.41, 5.74) is 1.12. The van der Waals surface area contributed by atoms with Gasteiger partial charge < -0.3 is 10.1 Å². The molecule has 4 heteroatoms. The van der Waals surface area contributed by atoms with Crippen LogP contribution in [0.5, 0.6) is 0 Å². The average Bonchev–Trinajstić information content (AvgIpc) is 2.44. The summed E-state index contributed by atoms with van der Waals surface area (Å²) < 4.78 is 5.22. The molecule has 1 aliphatic rings. The molecule has 1 rings (SSSR count). The maximum absolute atomic E-state index is 11.7. The topological polar surface area (TPSA) is 55.4 Å². The van der Waals surface area contributed by atoms with Crippen LogP contribution in [0.25, 0.3) is 0 Å². The Morgan fingerprint density at radius 3 is 2.31 bits per heavy atom. The highest BCUT2D eigenvalue weighted by molar-refractivity contribution is 6.01. The van der Waals surface area contributed by atoms with Crippen LogP contribution in [0.3, 0.4) is 0 Å². The molecule has 90 valence electrons. The minimum absolute atomic E-state index is 0.157. The summed E-state index contributed by atoms with van der Waals surface area (Å²) in [5.74, 6) is -0.520. The molecule has 1 fully saturated rings. The SMILES string of the molecule is CC(C)=C1CC(C(=O)OC(C)(C)C)NC1=O. The number of hydrogen-bond acceptors (Lipinski definition) is 3. The van der Waals surface area contributed by atoms with E-state index < -0.39 is 11.6 Å². The van der Waals surface area contributed by atoms with Crippen molar-refractivity contribution >= 4 is 11.9 Å². The third-order valence-corrected chi connectivity index (χ3v) is 2.28. The van der Waals surface area contributed by atoms with E-state index in [0.717, 1.165) is 5.57 Å². The molecule has 1 unspecified atom stereocenters. The fourth-order valence-corrected chi connectivity index (χ4v) is 1.54. The minimum Gasteiger partial charge on any atom is -0.458 e. The van der Waals surface area contributed by atoms with Crippen molar-refractivity contribution in [3.05, 3.63) is 11.1 Å². The fourth-order valence-electron chi connectivity index (χ4n) is 1.54. The smallest absolute Gasteiger partial charge is 0.329 e. The number of carbonyl (C=O) groups is 2. The molecule has 1 N–H and O–H groups in total. The summed E-state index contributed by atoms with van der Waals surface area (Å²) in [7, 11) is 0. The molecule has 0 aliphatic carbocycles. The maximum Gasteiger partial charge on any atom is 0.329 e. The number of rotatable bonds is 1. The second-order valence-corrected chi connectivity index (χ2v) is 5.24. The number of allylic oxidation sites excluding steroid dienone is 1. The lowest BCUT2D eigenvalue weighted by molar-refractivity contribution is -0.157. The molecule has 1 heterocycles. The van der Waals surface area contributed by atoms with Gasteiger partial charge in [0, 0.05) is 12.0 Å². The van der Waals surface area contributed by atoms with Crippen LogP contribution in [0, 0.1) is 0 Å². The highest BCUT2D eigenvalue weighted by Crippen LogP contribution is 2.20. The molecular formula is C12H19NO3. The Kier molecular flexibility index (Phi) is 3.41. The molecule has 1 atom stereocenters. The first-order valence-electron chi connectivity index (χ1n) is 5.41. The van der Waals surface area contributed by atoms with Gasteiger partial charge in [0.05, 0.1) is 0 Å². The summed E-state index contributed by atoms with van der Waals surface area (Å²) in [5, 5.41) is 2.64. The highest BCUT2D eigenvalue weighted by atomic mass is 16.6. The molecule has 0 radical (unpaired) electrons. The van der Waals surface area contributed by atoms with Gasteiger partial charge in [-0.05, 0) is 34.6 Å². The Bertz CT molecular complexity index is 346. The molecular weight excluding hydrogens is 206 g/mol. The average molecular weight is 225 g/mol. The van der Waals surface area contributed by atoms with Crippen molar-refractivity contribution in [1.82, 2.24) is 5.32 Å². The van der Waals surface area contributed by atoms with Crippen molar-refractivity contribution in [2.24, 2.45) is 0 Å². The molecule has 1 saturated heterocycles. The van der Waals surface area contributed by atoms with Crippen LogP contribution in [0.4, 0.5) is 0 Å². The van der Waals surface area contributed by atoms with Gasteiger partial charge in [-0.15, -0.1) is 0 Å². The van der Waals surface area contributed by atoms with Gasteiger partial charge in [0.25, 0.3) is 0 Å². The van der Waals surface area contributed by atoms with Crippen molar-refractivity contribution < 1.29 is 14.3 Å². The van der Waals surface area contributed by atoms with Gasteiger partial charge >= 0.3 is 5.97 Å². The maximum atomic E-state index is 11.7. The summed E-state index contributed by atoms with van der Waals surface area (Å²) in [6, 6.07) is -0.531. The van der Waals surface area contributed by atoms with E-state index in [1.54, 1.807) is 0 Å². The van der Waals surface area contributed by atoms with E-state index in [4.69, 9.17) is 4.74 Å². The largest absolute Gasteiger partial charge is 0.458 e. The lowest BCUT2D eigenvalue weighted by Gasteiger charge is -2.21. The van der Waals surface area contributed by atoms with E-state index in [9.17, 15) is 9.59 Å². The molecule has 4 nitrogen and oxygen atoms in total. The lowest BCUT2D eigenvalue weighted by Crippen LogP contribution is -2.38. The number of ether oxygens (including phenoxy) is 1. The molecule has 0 saturated carbocycles. The van der Waals surface area contributed by atoms with Crippen LogP contribution < -0.4 is 5.32 Å². The summed E-state index contributed by atoms with van der Waals surface area (Å²) in [6.07, 6.45) is 0.427. The molecule has 1 aliphatic heterocycles. The number of amides is 1. The standard InChI is InChI=1S/C12H19NO3/c1-7(2)8-6-9(13-10(8)14)11(15)16-12(3,4)5/h9H,6H2,1-5H3,(H,13,14). The Labute approximate surface area is 96.0 Å². The Morgan fingerprint density at radius 2 is 1.94 bits per heavy atom. The van der Waals surface area contributed by atoms with Gasteiger partial charge in [0.15, 0.2) is 0 Å². The van der Waals surface area contributed by atoms with Crippen molar-refractivity contribution in [2.45, 2.75) is 52.7 Å².